The van der Waals surface area contributed by atoms with Crippen molar-refractivity contribution in [2.24, 2.45) is 0 Å². The molecule has 1 N–H and O–H groups in total. The van der Waals surface area contributed by atoms with Crippen LogP contribution in [0.1, 0.15) is 18.5 Å². The largest absolute Gasteiger partial charge is 0.444 e. The highest BCUT2D eigenvalue weighted by molar-refractivity contribution is 6.30. The Labute approximate surface area is 130 Å². The number of likely N-dealkylation sites (tertiary alicyclic amines) is 1. The Morgan fingerprint density at radius 2 is 2.19 bits per heavy atom. The van der Waals surface area contributed by atoms with Crippen molar-refractivity contribution in [2.45, 2.75) is 25.4 Å². The van der Waals surface area contributed by atoms with Gasteiger partial charge in [-0.2, -0.15) is 0 Å². The summed E-state index contributed by atoms with van der Waals surface area (Å²) in [5, 5.41) is 3.98. The van der Waals surface area contributed by atoms with Gasteiger partial charge in [-0.1, -0.05) is 11.6 Å². The number of nitrogens with zero attached hydrogens (tertiary/aromatic N) is 2. The lowest BCUT2D eigenvalue weighted by Gasteiger charge is -2.22. The molecule has 0 bridgehead atoms. The molecule has 21 heavy (non-hydrogen) atoms. The Hall–Kier alpha value is -1.36. The summed E-state index contributed by atoms with van der Waals surface area (Å²) in [7, 11) is 2.01. The predicted octanol–water partition coefficient (Wildman–Crippen LogP) is 3.18. The third-order valence-corrected chi connectivity index (χ3v) is 4.20. The standard InChI is InChI=1S/C16H20ClN3O/c1-18-9-15-3-2-8-20(15)10-14-11-21-16(19-14)12-4-6-13(17)7-5-12/h4-7,11,15,18H,2-3,8-10H2,1H3. The Kier molecular flexibility index (Phi) is 4.58. The number of aromatic nitrogens is 1. The number of nitrogens with one attached hydrogen (secondary N) is 1. The molecule has 0 saturated carbocycles. The normalized spacial score (nSPS) is 19.2. The summed E-state index contributed by atoms with van der Waals surface area (Å²) < 4.78 is 5.60. The minimum absolute atomic E-state index is 0.602. The van der Waals surface area contributed by atoms with Crippen molar-refractivity contribution in [1.82, 2.24) is 15.2 Å². The maximum Gasteiger partial charge on any atom is 0.226 e. The van der Waals surface area contributed by atoms with Crippen molar-refractivity contribution in [3.63, 3.8) is 0 Å². The molecule has 112 valence electrons. The molecule has 0 aliphatic carbocycles. The first-order valence-electron chi connectivity index (χ1n) is 7.35. The molecule has 5 heteroatoms. The molecular formula is C16H20ClN3O. The Bertz CT molecular complexity index is 581. The first-order chi connectivity index (χ1) is 10.3. The van der Waals surface area contributed by atoms with Crippen LogP contribution in [0.3, 0.4) is 0 Å². The first-order valence-corrected chi connectivity index (χ1v) is 7.73. The van der Waals surface area contributed by atoms with Crippen molar-refractivity contribution in [2.75, 3.05) is 20.1 Å². The maximum atomic E-state index is 5.90. The van der Waals surface area contributed by atoms with Gasteiger partial charge in [-0.3, -0.25) is 4.90 Å². The van der Waals surface area contributed by atoms with Crippen molar-refractivity contribution in [3.8, 4) is 11.5 Å². The van der Waals surface area contributed by atoms with Crippen molar-refractivity contribution in [3.05, 3.63) is 41.2 Å². The maximum absolute atomic E-state index is 5.90. The first kappa shape index (κ1) is 14.6. The number of hydrogen-bond donors (Lipinski definition) is 1. The van der Waals surface area contributed by atoms with Gasteiger partial charge in [-0.15, -0.1) is 0 Å². The number of hydrogen-bond acceptors (Lipinski definition) is 4. The molecule has 2 heterocycles. The summed E-state index contributed by atoms with van der Waals surface area (Å²) in [4.78, 5) is 7.07. The Morgan fingerprint density at radius 1 is 1.38 bits per heavy atom. The fraction of sp³-hybridized carbons (Fsp3) is 0.438. The fourth-order valence-corrected chi connectivity index (χ4v) is 3.01. The van der Waals surface area contributed by atoms with Gasteiger partial charge in [0.2, 0.25) is 5.89 Å². The molecule has 1 aliphatic rings. The molecule has 1 atom stereocenters. The Morgan fingerprint density at radius 3 is 2.95 bits per heavy atom. The highest BCUT2D eigenvalue weighted by atomic mass is 35.5. The number of benzene rings is 1. The lowest BCUT2D eigenvalue weighted by atomic mass is 10.2. The average molecular weight is 306 g/mol. The third kappa shape index (κ3) is 3.46. The molecule has 2 aromatic rings. The highest BCUT2D eigenvalue weighted by Crippen LogP contribution is 2.23. The zero-order valence-electron chi connectivity index (χ0n) is 12.2. The molecule has 0 amide bonds. The van der Waals surface area contributed by atoms with Crippen molar-refractivity contribution in [1.29, 1.82) is 0 Å². The van der Waals surface area contributed by atoms with E-state index in [0.717, 1.165) is 35.9 Å². The molecule has 3 rings (SSSR count). The van der Waals surface area contributed by atoms with Gasteiger partial charge in [-0.05, 0) is 50.7 Å². The van der Waals surface area contributed by atoms with Gasteiger partial charge in [0, 0.05) is 29.7 Å². The van der Waals surface area contributed by atoms with E-state index in [0.29, 0.717) is 11.9 Å². The Balaban J connectivity index is 1.69. The van der Waals surface area contributed by atoms with Crippen LogP contribution in [0.25, 0.3) is 11.5 Å². The van der Waals surface area contributed by atoms with Crippen LogP contribution in [0.2, 0.25) is 5.02 Å². The second-order valence-corrected chi connectivity index (χ2v) is 5.91. The van der Waals surface area contributed by atoms with Crippen LogP contribution in [0.4, 0.5) is 0 Å². The van der Waals surface area contributed by atoms with Crippen molar-refractivity contribution >= 4 is 11.6 Å². The van der Waals surface area contributed by atoms with E-state index in [-0.39, 0.29) is 0 Å². The minimum atomic E-state index is 0.602. The summed E-state index contributed by atoms with van der Waals surface area (Å²) in [6.07, 6.45) is 4.27. The van der Waals surface area contributed by atoms with E-state index in [1.165, 1.54) is 12.8 Å². The molecule has 0 spiro atoms. The van der Waals surface area contributed by atoms with E-state index in [1.807, 2.05) is 31.3 Å². The van der Waals surface area contributed by atoms with Gasteiger partial charge in [0.25, 0.3) is 0 Å². The average Bonchev–Trinajstić information content (AvgIpc) is 3.11. The monoisotopic (exact) mass is 305 g/mol. The molecule has 1 fully saturated rings. The van der Waals surface area contributed by atoms with Gasteiger partial charge in [0.05, 0.1) is 5.69 Å². The van der Waals surface area contributed by atoms with Crippen LogP contribution in [0.15, 0.2) is 34.9 Å². The fourth-order valence-electron chi connectivity index (χ4n) is 2.88. The van der Waals surface area contributed by atoms with E-state index in [4.69, 9.17) is 16.0 Å². The number of halogens is 1. The topological polar surface area (TPSA) is 41.3 Å². The summed E-state index contributed by atoms with van der Waals surface area (Å²) in [5.41, 5.74) is 1.95. The van der Waals surface area contributed by atoms with Gasteiger partial charge in [0.1, 0.15) is 6.26 Å². The van der Waals surface area contributed by atoms with Crippen LogP contribution in [0, 0.1) is 0 Å². The molecular weight excluding hydrogens is 286 g/mol. The molecule has 1 aromatic carbocycles. The zero-order chi connectivity index (χ0) is 14.7. The molecule has 1 aromatic heterocycles. The highest BCUT2D eigenvalue weighted by Gasteiger charge is 2.24. The lowest BCUT2D eigenvalue weighted by Crippen LogP contribution is -2.36. The van der Waals surface area contributed by atoms with Gasteiger partial charge < -0.3 is 9.73 Å². The molecule has 1 aliphatic heterocycles. The van der Waals surface area contributed by atoms with E-state index in [9.17, 15) is 0 Å². The van der Waals surface area contributed by atoms with Gasteiger partial charge in [0.15, 0.2) is 0 Å². The van der Waals surface area contributed by atoms with E-state index in [2.05, 4.69) is 15.2 Å². The summed E-state index contributed by atoms with van der Waals surface area (Å²) in [6, 6.07) is 8.16. The van der Waals surface area contributed by atoms with E-state index < -0.39 is 0 Å². The number of rotatable bonds is 5. The SMILES string of the molecule is CNCC1CCCN1Cc1coc(-c2ccc(Cl)cc2)n1. The molecule has 1 saturated heterocycles. The predicted molar refractivity (Wildman–Crippen MR) is 84.3 cm³/mol. The van der Waals surface area contributed by atoms with Crippen LogP contribution in [-0.2, 0) is 6.54 Å². The zero-order valence-corrected chi connectivity index (χ0v) is 12.9. The van der Waals surface area contributed by atoms with E-state index in [1.54, 1.807) is 6.26 Å². The van der Waals surface area contributed by atoms with Crippen molar-refractivity contribution < 1.29 is 4.42 Å². The lowest BCUT2D eigenvalue weighted by molar-refractivity contribution is 0.239. The van der Waals surface area contributed by atoms with E-state index >= 15 is 0 Å². The van der Waals surface area contributed by atoms with Crippen LogP contribution >= 0.6 is 11.6 Å². The summed E-state index contributed by atoms with van der Waals surface area (Å²) in [5.74, 6) is 0.658. The quantitative estimate of drug-likeness (QED) is 0.921. The second-order valence-electron chi connectivity index (χ2n) is 5.48. The molecule has 4 nitrogen and oxygen atoms in total. The summed E-state index contributed by atoms with van der Waals surface area (Å²) >= 11 is 5.90. The number of likely N-dealkylation sites (N-methyl/N-ethyl adjacent to an activating group) is 1. The van der Waals surface area contributed by atoms with Crippen LogP contribution in [-0.4, -0.2) is 36.1 Å². The molecule has 0 radical (unpaired) electrons. The smallest absolute Gasteiger partial charge is 0.226 e. The van der Waals surface area contributed by atoms with Gasteiger partial charge >= 0.3 is 0 Å². The van der Waals surface area contributed by atoms with Crippen LogP contribution in [0.5, 0.6) is 0 Å². The second kappa shape index (κ2) is 6.60. The van der Waals surface area contributed by atoms with Gasteiger partial charge in [-0.25, -0.2) is 4.98 Å². The molecule has 1 unspecified atom stereocenters. The minimum Gasteiger partial charge on any atom is -0.444 e. The van der Waals surface area contributed by atoms with Crippen LogP contribution < -0.4 is 5.32 Å². The third-order valence-electron chi connectivity index (χ3n) is 3.95. The summed E-state index contributed by atoms with van der Waals surface area (Å²) in [6.45, 7) is 3.01. The number of oxazole rings is 1.